The summed E-state index contributed by atoms with van der Waals surface area (Å²) in [5.74, 6) is 0.742. The fourth-order valence-corrected chi connectivity index (χ4v) is 2.55. The summed E-state index contributed by atoms with van der Waals surface area (Å²) in [4.78, 5) is 23.2. The molecule has 114 valence electrons. The maximum Gasteiger partial charge on any atom is 0.242 e. The van der Waals surface area contributed by atoms with E-state index in [0.717, 1.165) is 16.9 Å². The minimum Gasteiger partial charge on any atom is -0.342 e. The van der Waals surface area contributed by atoms with E-state index >= 15 is 0 Å². The van der Waals surface area contributed by atoms with Gasteiger partial charge in [-0.2, -0.15) is 0 Å². The number of imidazole rings is 1. The van der Waals surface area contributed by atoms with E-state index < -0.39 is 0 Å². The third kappa shape index (κ3) is 3.18. The van der Waals surface area contributed by atoms with E-state index in [1.807, 2.05) is 44.4 Å². The quantitative estimate of drug-likeness (QED) is 0.798. The highest BCUT2D eigenvalue weighted by atomic mass is 35.5. The molecule has 2 rings (SSSR count). The number of nitrogens with zero attached hydrogens (tertiary/aromatic N) is 4. The normalized spacial score (nSPS) is 12.6. The molecule has 2 aromatic rings. The molecule has 0 bridgehead atoms. The second kappa shape index (κ2) is 6.43. The molecule has 0 aliphatic rings. The van der Waals surface area contributed by atoms with Gasteiger partial charge in [-0.15, -0.1) is 11.6 Å². The molecule has 0 saturated carbocycles. The van der Waals surface area contributed by atoms with Crippen LogP contribution < -0.4 is 0 Å². The number of carbonyl (C=O) groups excluding carboxylic acids is 1. The zero-order valence-electron chi connectivity index (χ0n) is 12.9. The van der Waals surface area contributed by atoms with Gasteiger partial charge < -0.3 is 9.47 Å². The summed E-state index contributed by atoms with van der Waals surface area (Å²) in [5, 5.41) is -0.274. The van der Waals surface area contributed by atoms with Gasteiger partial charge in [-0.25, -0.2) is 9.97 Å². The third-order valence-corrected chi connectivity index (χ3v) is 3.72. The van der Waals surface area contributed by atoms with Crippen molar-refractivity contribution in [3.8, 4) is 0 Å². The zero-order valence-corrected chi connectivity index (χ0v) is 13.7. The van der Waals surface area contributed by atoms with Crippen LogP contribution in [0.4, 0.5) is 0 Å². The number of likely N-dealkylation sites (N-methyl/N-ethyl adjacent to an activating group) is 1. The van der Waals surface area contributed by atoms with Crippen LogP contribution in [0.1, 0.15) is 37.7 Å². The molecule has 0 saturated heterocycles. The standard InChI is InChI=1S/C15H21ClN4O/c1-5-19(6-2)13(21)9-20-14(11(4)16)18-12-8-7-10(3)17-15(12)20/h7-8,11H,5-6,9H2,1-4H3. The molecule has 5 nitrogen and oxygen atoms in total. The number of carbonyl (C=O) groups is 1. The third-order valence-electron chi connectivity index (χ3n) is 3.53. The first-order chi connectivity index (χ1) is 9.97. The van der Waals surface area contributed by atoms with Crippen LogP contribution in [0.5, 0.6) is 0 Å². The van der Waals surface area contributed by atoms with Crippen molar-refractivity contribution in [2.45, 2.75) is 39.6 Å². The minimum absolute atomic E-state index is 0.0566. The van der Waals surface area contributed by atoms with E-state index in [-0.39, 0.29) is 17.8 Å². The van der Waals surface area contributed by atoms with Crippen molar-refractivity contribution in [2.24, 2.45) is 0 Å². The lowest BCUT2D eigenvalue weighted by atomic mass is 10.3. The van der Waals surface area contributed by atoms with Gasteiger partial charge >= 0.3 is 0 Å². The Morgan fingerprint density at radius 2 is 2.00 bits per heavy atom. The number of pyridine rings is 1. The van der Waals surface area contributed by atoms with Crippen molar-refractivity contribution in [3.63, 3.8) is 0 Å². The highest BCUT2D eigenvalue weighted by molar-refractivity contribution is 6.20. The Hall–Kier alpha value is -1.62. The lowest BCUT2D eigenvalue weighted by Gasteiger charge is -2.20. The average molecular weight is 309 g/mol. The summed E-state index contributed by atoms with van der Waals surface area (Å²) < 4.78 is 1.83. The number of aryl methyl sites for hydroxylation is 1. The lowest BCUT2D eigenvalue weighted by Crippen LogP contribution is -2.33. The Bertz CT molecular complexity index is 646. The van der Waals surface area contributed by atoms with Gasteiger partial charge in [-0.3, -0.25) is 4.79 Å². The second-order valence-corrected chi connectivity index (χ2v) is 5.69. The van der Waals surface area contributed by atoms with Gasteiger partial charge in [0, 0.05) is 18.8 Å². The Balaban J connectivity index is 2.47. The van der Waals surface area contributed by atoms with E-state index in [0.29, 0.717) is 18.9 Å². The molecule has 0 fully saturated rings. The summed E-state index contributed by atoms with van der Waals surface area (Å²) in [6, 6.07) is 3.83. The molecule has 0 aliphatic heterocycles. The number of aromatic nitrogens is 3. The summed E-state index contributed by atoms with van der Waals surface area (Å²) in [7, 11) is 0. The predicted octanol–water partition coefficient (Wildman–Crippen LogP) is 2.91. The first-order valence-corrected chi connectivity index (χ1v) is 7.67. The lowest BCUT2D eigenvalue weighted by molar-refractivity contribution is -0.131. The molecule has 2 heterocycles. The van der Waals surface area contributed by atoms with Crippen LogP contribution in [-0.4, -0.2) is 38.4 Å². The molecule has 6 heteroatoms. The number of hydrogen-bond acceptors (Lipinski definition) is 3. The maximum absolute atomic E-state index is 12.4. The number of hydrogen-bond donors (Lipinski definition) is 0. The Morgan fingerprint density at radius 3 is 2.57 bits per heavy atom. The van der Waals surface area contributed by atoms with Gasteiger partial charge in [0.15, 0.2) is 5.65 Å². The number of rotatable bonds is 5. The van der Waals surface area contributed by atoms with Gasteiger partial charge in [0.25, 0.3) is 0 Å². The van der Waals surface area contributed by atoms with Gasteiger partial charge in [0.1, 0.15) is 17.9 Å². The smallest absolute Gasteiger partial charge is 0.242 e. The van der Waals surface area contributed by atoms with Crippen LogP contribution >= 0.6 is 11.6 Å². The molecule has 2 aromatic heterocycles. The van der Waals surface area contributed by atoms with Crippen LogP contribution in [0, 0.1) is 6.92 Å². The first-order valence-electron chi connectivity index (χ1n) is 7.23. The fraction of sp³-hybridized carbons (Fsp3) is 0.533. The summed E-state index contributed by atoms with van der Waals surface area (Å²) in [5.41, 5.74) is 2.39. The Morgan fingerprint density at radius 1 is 1.33 bits per heavy atom. The SMILES string of the molecule is CCN(CC)C(=O)Cn1c(C(C)Cl)nc2ccc(C)nc21. The molecular weight excluding hydrogens is 288 g/mol. The number of alkyl halides is 1. The molecule has 0 aliphatic carbocycles. The highest BCUT2D eigenvalue weighted by Crippen LogP contribution is 2.23. The summed E-state index contributed by atoms with van der Waals surface area (Å²) >= 11 is 6.21. The monoisotopic (exact) mass is 308 g/mol. The van der Waals surface area contributed by atoms with Crippen molar-refractivity contribution in [2.75, 3.05) is 13.1 Å². The van der Waals surface area contributed by atoms with Gasteiger partial charge in [-0.1, -0.05) is 0 Å². The molecule has 1 amide bonds. The molecule has 1 atom stereocenters. The van der Waals surface area contributed by atoms with Crippen LogP contribution in [0.2, 0.25) is 0 Å². The van der Waals surface area contributed by atoms with Crippen molar-refractivity contribution in [3.05, 3.63) is 23.7 Å². The first kappa shape index (κ1) is 15.8. The number of amides is 1. The number of halogens is 1. The van der Waals surface area contributed by atoms with E-state index in [9.17, 15) is 4.79 Å². The average Bonchev–Trinajstić information content (AvgIpc) is 2.78. The largest absolute Gasteiger partial charge is 0.342 e. The van der Waals surface area contributed by atoms with E-state index in [1.54, 1.807) is 4.90 Å². The van der Waals surface area contributed by atoms with E-state index in [2.05, 4.69) is 9.97 Å². The summed E-state index contributed by atoms with van der Waals surface area (Å²) in [6.45, 7) is 9.34. The second-order valence-electron chi connectivity index (χ2n) is 5.03. The summed E-state index contributed by atoms with van der Waals surface area (Å²) in [6.07, 6.45) is 0. The van der Waals surface area contributed by atoms with Crippen molar-refractivity contribution in [1.82, 2.24) is 19.4 Å². The molecule has 0 radical (unpaired) electrons. The van der Waals surface area contributed by atoms with Gasteiger partial charge in [0.2, 0.25) is 5.91 Å². The molecule has 21 heavy (non-hydrogen) atoms. The molecule has 0 N–H and O–H groups in total. The Kier molecular flexibility index (Phi) is 4.83. The zero-order chi connectivity index (χ0) is 15.6. The van der Waals surface area contributed by atoms with Crippen LogP contribution in [0.15, 0.2) is 12.1 Å². The molecular formula is C15H21ClN4O. The van der Waals surface area contributed by atoms with Crippen LogP contribution in [-0.2, 0) is 11.3 Å². The predicted molar refractivity (Wildman–Crippen MR) is 84.5 cm³/mol. The van der Waals surface area contributed by atoms with Gasteiger partial charge in [0.05, 0.1) is 5.38 Å². The van der Waals surface area contributed by atoms with E-state index in [4.69, 9.17) is 11.6 Å². The molecule has 1 unspecified atom stereocenters. The minimum atomic E-state index is -0.274. The van der Waals surface area contributed by atoms with E-state index in [1.165, 1.54) is 0 Å². The topological polar surface area (TPSA) is 51.0 Å². The molecule has 0 aromatic carbocycles. The maximum atomic E-state index is 12.4. The van der Waals surface area contributed by atoms with Crippen molar-refractivity contribution >= 4 is 28.7 Å². The van der Waals surface area contributed by atoms with Crippen molar-refractivity contribution < 1.29 is 4.79 Å². The van der Waals surface area contributed by atoms with Gasteiger partial charge in [-0.05, 0) is 39.8 Å². The van der Waals surface area contributed by atoms with Crippen molar-refractivity contribution in [1.29, 1.82) is 0 Å². The Labute approximate surface area is 129 Å². The fourth-order valence-electron chi connectivity index (χ4n) is 2.38. The number of fused-ring (bicyclic) bond motifs is 1. The van der Waals surface area contributed by atoms with Crippen LogP contribution in [0.25, 0.3) is 11.2 Å². The highest BCUT2D eigenvalue weighted by Gasteiger charge is 2.20. The van der Waals surface area contributed by atoms with Crippen LogP contribution in [0.3, 0.4) is 0 Å². The molecule has 0 spiro atoms.